The second kappa shape index (κ2) is 11.6. The molecular formula is C28H30F2N2O3S. The molecule has 0 N–H and O–H groups in total. The van der Waals surface area contributed by atoms with Gasteiger partial charge in [0.2, 0.25) is 5.91 Å². The molecule has 0 aliphatic carbocycles. The van der Waals surface area contributed by atoms with Crippen LogP contribution in [0.5, 0.6) is 5.75 Å². The van der Waals surface area contributed by atoms with Gasteiger partial charge in [0.25, 0.3) is 5.91 Å². The number of ether oxygens (including phenoxy) is 1. The Balaban J connectivity index is 1.55. The highest BCUT2D eigenvalue weighted by atomic mass is 32.1. The van der Waals surface area contributed by atoms with Gasteiger partial charge in [0, 0.05) is 29.6 Å². The summed E-state index contributed by atoms with van der Waals surface area (Å²) in [7, 11) is 0. The van der Waals surface area contributed by atoms with Gasteiger partial charge < -0.3 is 14.5 Å². The Morgan fingerprint density at radius 1 is 1.14 bits per heavy atom. The molecule has 5 nitrogen and oxygen atoms in total. The molecule has 0 fully saturated rings. The summed E-state index contributed by atoms with van der Waals surface area (Å²) in [6.07, 6.45) is 1.56. The Bertz CT molecular complexity index is 1210. The summed E-state index contributed by atoms with van der Waals surface area (Å²) in [5.74, 6) is -0.892. The van der Waals surface area contributed by atoms with E-state index in [1.165, 1.54) is 40.1 Å². The largest absolute Gasteiger partial charge is 0.491 e. The Kier molecular flexibility index (Phi) is 8.36. The van der Waals surface area contributed by atoms with E-state index in [1.54, 1.807) is 34.4 Å². The van der Waals surface area contributed by atoms with Gasteiger partial charge in [-0.15, -0.1) is 11.3 Å². The number of hydrogen-bond acceptors (Lipinski definition) is 4. The van der Waals surface area contributed by atoms with Crippen LogP contribution in [0.2, 0.25) is 0 Å². The highest BCUT2D eigenvalue weighted by molar-refractivity contribution is 7.10. The number of rotatable bonds is 9. The molecule has 2 heterocycles. The van der Waals surface area contributed by atoms with E-state index >= 15 is 0 Å². The van der Waals surface area contributed by atoms with Crippen molar-refractivity contribution in [3.63, 3.8) is 0 Å². The summed E-state index contributed by atoms with van der Waals surface area (Å²) >= 11 is 1.64. The summed E-state index contributed by atoms with van der Waals surface area (Å²) in [5.41, 5.74) is 1.23. The molecular weight excluding hydrogens is 482 g/mol. The van der Waals surface area contributed by atoms with E-state index in [2.05, 4.69) is 0 Å². The van der Waals surface area contributed by atoms with E-state index in [-0.39, 0.29) is 42.5 Å². The standard InChI is InChI=1S/C28H30F2N2O3S/c1-3-19(2)16-31(28(34)20-6-4-7-21(29)14-20)17-27(33)32-12-10-26-24(11-13-36-26)25(32)18-35-23-9-5-8-22(30)15-23/h4-9,11,13-15,19,25H,3,10,12,16-18H2,1-2H3/t19-,25-/m0/s1. The quantitative estimate of drug-likeness (QED) is 0.369. The molecule has 0 radical (unpaired) electrons. The number of carbonyl (C=O) groups is 2. The minimum Gasteiger partial charge on any atom is -0.491 e. The fourth-order valence-electron chi connectivity index (χ4n) is 4.39. The van der Waals surface area contributed by atoms with Crippen LogP contribution in [-0.4, -0.2) is 47.9 Å². The molecule has 36 heavy (non-hydrogen) atoms. The molecule has 4 rings (SSSR count). The summed E-state index contributed by atoms with van der Waals surface area (Å²) in [4.78, 5) is 31.4. The average Bonchev–Trinajstić information content (AvgIpc) is 3.35. The van der Waals surface area contributed by atoms with Gasteiger partial charge in [0.1, 0.15) is 30.5 Å². The van der Waals surface area contributed by atoms with Crippen LogP contribution in [0.15, 0.2) is 60.0 Å². The van der Waals surface area contributed by atoms with Gasteiger partial charge in [-0.1, -0.05) is 32.4 Å². The molecule has 0 saturated heterocycles. The summed E-state index contributed by atoms with van der Waals surface area (Å²) in [6.45, 7) is 4.98. The first kappa shape index (κ1) is 25.8. The van der Waals surface area contributed by atoms with Crippen LogP contribution >= 0.6 is 11.3 Å². The van der Waals surface area contributed by atoms with Crippen molar-refractivity contribution >= 4 is 23.2 Å². The Hall–Kier alpha value is -3.26. The van der Waals surface area contributed by atoms with Crippen molar-refractivity contribution in [2.24, 2.45) is 5.92 Å². The normalized spacial score (nSPS) is 15.8. The smallest absolute Gasteiger partial charge is 0.254 e. The number of nitrogens with zero attached hydrogens (tertiary/aromatic N) is 2. The molecule has 0 spiro atoms. The van der Waals surface area contributed by atoms with Gasteiger partial charge in [0.05, 0.1) is 6.04 Å². The lowest BCUT2D eigenvalue weighted by Crippen LogP contribution is -2.48. The molecule has 1 aromatic heterocycles. The maximum atomic E-state index is 13.8. The molecule has 2 aromatic carbocycles. The number of thiophene rings is 1. The molecule has 2 atom stereocenters. The number of amides is 2. The first-order chi connectivity index (χ1) is 17.4. The second-order valence-electron chi connectivity index (χ2n) is 9.13. The van der Waals surface area contributed by atoms with E-state index in [0.717, 1.165) is 18.4 Å². The number of halogens is 2. The van der Waals surface area contributed by atoms with Gasteiger partial charge in [-0.25, -0.2) is 8.78 Å². The summed E-state index contributed by atoms with van der Waals surface area (Å²) in [6, 6.07) is 13.1. The third-order valence-corrected chi connectivity index (χ3v) is 7.53. The molecule has 0 bridgehead atoms. The number of hydrogen-bond donors (Lipinski definition) is 0. The lowest BCUT2D eigenvalue weighted by atomic mass is 10.00. The Labute approximate surface area is 214 Å². The first-order valence-electron chi connectivity index (χ1n) is 12.1. The van der Waals surface area contributed by atoms with Gasteiger partial charge in [-0.3, -0.25) is 9.59 Å². The topological polar surface area (TPSA) is 49.9 Å². The zero-order valence-electron chi connectivity index (χ0n) is 20.5. The van der Waals surface area contributed by atoms with Crippen LogP contribution < -0.4 is 4.74 Å². The summed E-state index contributed by atoms with van der Waals surface area (Å²) in [5, 5.41) is 2.00. The molecule has 0 unspecified atom stereocenters. The zero-order chi connectivity index (χ0) is 25.7. The predicted octanol–water partition coefficient (Wildman–Crippen LogP) is 5.72. The van der Waals surface area contributed by atoms with Gasteiger partial charge >= 0.3 is 0 Å². The minimum absolute atomic E-state index is 0.115. The van der Waals surface area contributed by atoms with Crippen LogP contribution in [0.3, 0.4) is 0 Å². The molecule has 1 aliphatic heterocycles. The number of benzene rings is 2. The van der Waals surface area contributed by atoms with Crippen molar-refractivity contribution in [3.8, 4) is 5.75 Å². The lowest BCUT2D eigenvalue weighted by Gasteiger charge is -2.37. The van der Waals surface area contributed by atoms with Gasteiger partial charge in [-0.2, -0.15) is 0 Å². The van der Waals surface area contributed by atoms with Crippen LogP contribution in [0.1, 0.15) is 47.1 Å². The van der Waals surface area contributed by atoms with Gasteiger partial charge in [-0.05, 0) is 59.7 Å². The van der Waals surface area contributed by atoms with Crippen molar-refractivity contribution < 1.29 is 23.1 Å². The SMILES string of the molecule is CC[C@H](C)CN(CC(=O)N1CCc2sccc2[C@@H]1COc1cccc(F)c1)C(=O)c1cccc(F)c1. The average molecular weight is 513 g/mol. The van der Waals surface area contributed by atoms with E-state index in [0.29, 0.717) is 18.8 Å². The van der Waals surface area contributed by atoms with Crippen molar-refractivity contribution in [2.75, 3.05) is 26.2 Å². The van der Waals surface area contributed by atoms with E-state index in [1.807, 2.05) is 25.3 Å². The molecule has 3 aromatic rings. The number of fused-ring (bicyclic) bond motifs is 1. The van der Waals surface area contributed by atoms with Crippen molar-refractivity contribution in [2.45, 2.75) is 32.7 Å². The van der Waals surface area contributed by atoms with Crippen molar-refractivity contribution in [3.05, 3.63) is 87.6 Å². The van der Waals surface area contributed by atoms with Crippen LogP contribution in [0, 0.1) is 17.6 Å². The van der Waals surface area contributed by atoms with E-state index in [9.17, 15) is 18.4 Å². The first-order valence-corrected chi connectivity index (χ1v) is 13.0. The van der Waals surface area contributed by atoms with E-state index in [4.69, 9.17) is 4.74 Å². The molecule has 8 heteroatoms. The zero-order valence-corrected chi connectivity index (χ0v) is 21.3. The molecule has 2 amide bonds. The Morgan fingerprint density at radius 2 is 1.89 bits per heavy atom. The minimum atomic E-state index is -0.494. The van der Waals surface area contributed by atoms with E-state index < -0.39 is 11.6 Å². The maximum Gasteiger partial charge on any atom is 0.254 e. The fraction of sp³-hybridized carbons (Fsp3) is 0.357. The third-order valence-electron chi connectivity index (χ3n) is 6.53. The second-order valence-corrected chi connectivity index (χ2v) is 10.1. The summed E-state index contributed by atoms with van der Waals surface area (Å²) < 4.78 is 33.3. The lowest BCUT2D eigenvalue weighted by molar-refractivity contribution is -0.135. The van der Waals surface area contributed by atoms with Gasteiger partial charge in [0.15, 0.2) is 0 Å². The predicted molar refractivity (Wildman–Crippen MR) is 136 cm³/mol. The fourth-order valence-corrected chi connectivity index (χ4v) is 5.32. The van der Waals surface area contributed by atoms with Crippen LogP contribution in [0.25, 0.3) is 0 Å². The molecule has 1 aliphatic rings. The highest BCUT2D eigenvalue weighted by Crippen LogP contribution is 2.34. The van der Waals surface area contributed by atoms with Crippen LogP contribution in [0.4, 0.5) is 8.78 Å². The van der Waals surface area contributed by atoms with Crippen molar-refractivity contribution in [1.82, 2.24) is 9.80 Å². The highest BCUT2D eigenvalue weighted by Gasteiger charge is 2.34. The molecule has 0 saturated carbocycles. The van der Waals surface area contributed by atoms with Crippen molar-refractivity contribution in [1.29, 1.82) is 0 Å². The number of carbonyl (C=O) groups excluding carboxylic acids is 2. The maximum absolute atomic E-state index is 13.8. The van der Waals surface area contributed by atoms with Crippen LogP contribution in [-0.2, 0) is 11.2 Å². The molecule has 190 valence electrons. The Morgan fingerprint density at radius 3 is 2.61 bits per heavy atom. The third kappa shape index (κ3) is 6.10. The monoisotopic (exact) mass is 512 g/mol.